The Morgan fingerprint density at radius 2 is 1.69 bits per heavy atom. The molecule has 1 atom stereocenters. The van der Waals surface area contributed by atoms with Crippen LogP contribution in [-0.4, -0.2) is 66.1 Å². The number of hydrogen-bond acceptors (Lipinski definition) is 5. The number of rotatable bonds is 8. The highest BCUT2D eigenvalue weighted by Gasteiger charge is 2.26. The molecule has 1 aliphatic rings. The van der Waals surface area contributed by atoms with Gasteiger partial charge < -0.3 is 10.6 Å². The van der Waals surface area contributed by atoms with E-state index < -0.39 is 11.6 Å². The third kappa shape index (κ3) is 7.25. The van der Waals surface area contributed by atoms with Crippen molar-refractivity contribution in [3.8, 4) is 0 Å². The number of halogens is 3. The van der Waals surface area contributed by atoms with Gasteiger partial charge in [0.2, 0.25) is 11.8 Å². The van der Waals surface area contributed by atoms with Crippen LogP contribution >= 0.6 is 11.8 Å². The standard InChI is InChI=1S/C22H25F3N4O2S/c1-15(21(31)27-18-4-2-3-16(23)13-18)29-11-9-28(10-12-29)14-20(30)26-17-5-7-19(8-6-17)32-22(24)25/h2-8,13,15,22H,9-12,14H2,1H3,(H,26,30)(H,27,31). The number of anilines is 2. The quantitative estimate of drug-likeness (QED) is 0.581. The summed E-state index contributed by atoms with van der Waals surface area (Å²) in [4.78, 5) is 29.2. The minimum absolute atomic E-state index is 0.190. The summed E-state index contributed by atoms with van der Waals surface area (Å²) >= 11 is 0.456. The minimum atomic E-state index is -2.48. The molecule has 2 N–H and O–H groups in total. The summed E-state index contributed by atoms with van der Waals surface area (Å²) in [5.74, 6) is -3.30. The molecule has 0 spiro atoms. The monoisotopic (exact) mass is 466 g/mol. The number of hydrogen-bond donors (Lipinski definition) is 2. The van der Waals surface area contributed by atoms with Gasteiger partial charge >= 0.3 is 0 Å². The average Bonchev–Trinajstić information content (AvgIpc) is 2.75. The molecule has 2 aromatic rings. The van der Waals surface area contributed by atoms with E-state index in [4.69, 9.17) is 0 Å². The highest BCUT2D eigenvalue weighted by molar-refractivity contribution is 7.99. The van der Waals surface area contributed by atoms with Crippen LogP contribution in [0.5, 0.6) is 0 Å². The van der Waals surface area contributed by atoms with Gasteiger partial charge in [-0.25, -0.2) is 4.39 Å². The van der Waals surface area contributed by atoms with Crippen molar-refractivity contribution >= 4 is 35.0 Å². The molecule has 3 rings (SSSR count). The molecule has 0 saturated carbocycles. The molecule has 0 bridgehead atoms. The van der Waals surface area contributed by atoms with Gasteiger partial charge in [-0.1, -0.05) is 17.8 Å². The fraction of sp³-hybridized carbons (Fsp3) is 0.364. The van der Waals surface area contributed by atoms with Crippen LogP contribution in [0, 0.1) is 5.82 Å². The van der Waals surface area contributed by atoms with E-state index in [1.807, 2.05) is 9.80 Å². The van der Waals surface area contributed by atoms with E-state index in [-0.39, 0.29) is 24.4 Å². The van der Waals surface area contributed by atoms with Crippen LogP contribution in [0.3, 0.4) is 0 Å². The van der Waals surface area contributed by atoms with Crippen LogP contribution in [0.4, 0.5) is 24.5 Å². The molecule has 2 aromatic carbocycles. The van der Waals surface area contributed by atoms with Crippen molar-refractivity contribution in [3.05, 3.63) is 54.3 Å². The summed E-state index contributed by atoms with van der Waals surface area (Å²) in [5.41, 5.74) is 0.966. The molecule has 0 aliphatic carbocycles. The van der Waals surface area contributed by atoms with Gasteiger partial charge in [-0.05, 0) is 49.4 Å². The first kappa shape index (κ1) is 24.1. The lowest BCUT2D eigenvalue weighted by atomic mass is 10.2. The molecule has 32 heavy (non-hydrogen) atoms. The zero-order valence-corrected chi connectivity index (χ0v) is 18.4. The van der Waals surface area contributed by atoms with E-state index >= 15 is 0 Å². The second-order valence-electron chi connectivity index (χ2n) is 7.44. The molecule has 6 nitrogen and oxygen atoms in total. The van der Waals surface area contributed by atoms with Crippen molar-refractivity contribution in [1.29, 1.82) is 0 Å². The molecule has 1 fully saturated rings. The molecule has 0 radical (unpaired) electrons. The summed E-state index contributed by atoms with van der Waals surface area (Å²) in [6.45, 7) is 4.47. The first-order chi connectivity index (χ1) is 15.3. The summed E-state index contributed by atoms with van der Waals surface area (Å²) in [6, 6.07) is 11.6. The molecular weight excluding hydrogens is 441 g/mol. The Morgan fingerprint density at radius 3 is 2.31 bits per heavy atom. The lowest BCUT2D eigenvalue weighted by Crippen LogP contribution is -2.53. The zero-order chi connectivity index (χ0) is 23.1. The largest absolute Gasteiger partial charge is 0.325 e. The Hall–Kier alpha value is -2.56. The van der Waals surface area contributed by atoms with Crippen LogP contribution in [0.1, 0.15) is 6.92 Å². The normalized spacial score (nSPS) is 16.0. The number of nitrogens with one attached hydrogen (secondary N) is 2. The van der Waals surface area contributed by atoms with Crippen molar-refractivity contribution in [2.45, 2.75) is 23.6 Å². The minimum Gasteiger partial charge on any atom is -0.325 e. The van der Waals surface area contributed by atoms with Gasteiger partial charge in [-0.3, -0.25) is 19.4 Å². The Balaban J connectivity index is 1.42. The molecule has 2 amide bonds. The molecular formula is C22H25F3N4O2S. The van der Waals surface area contributed by atoms with Crippen LogP contribution in [0.15, 0.2) is 53.4 Å². The predicted molar refractivity (Wildman–Crippen MR) is 119 cm³/mol. The number of alkyl halides is 2. The Morgan fingerprint density at radius 1 is 1.00 bits per heavy atom. The van der Waals surface area contributed by atoms with Crippen LogP contribution < -0.4 is 10.6 Å². The van der Waals surface area contributed by atoms with E-state index in [0.717, 1.165) is 0 Å². The van der Waals surface area contributed by atoms with Gasteiger partial charge in [0.15, 0.2) is 0 Å². The van der Waals surface area contributed by atoms with Gasteiger partial charge in [0, 0.05) is 42.4 Å². The average molecular weight is 467 g/mol. The third-order valence-electron chi connectivity index (χ3n) is 5.16. The second kappa shape index (κ2) is 11.3. The smallest absolute Gasteiger partial charge is 0.288 e. The van der Waals surface area contributed by atoms with Crippen molar-refractivity contribution in [2.24, 2.45) is 0 Å². The SMILES string of the molecule is CC(C(=O)Nc1cccc(F)c1)N1CCN(CC(=O)Nc2ccc(SC(F)F)cc2)CC1. The lowest BCUT2D eigenvalue weighted by molar-refractivity contribution is -0.122. The van der Waals surface area contributed by atoms with E-state index in [0.29, 0.717) is 54.2 Å². The van der Waals surface area contributed by atoms with E-state index in [2.05, 4.69) is 10.6 Å². The number of piperazine rings is 1. The van der Waals surface area contributed by atoms with Crippen LogP contribution in [-0.2, 0) is 9.59 Å². The predicted octanol–water partition coefficient (Wildman–Crippen LogP) is 3.72. The summed E-state index contributed by atoms with van der Waals surface area (Å²) in [7, 11) is 0. The zero-order valence-electron chi connectivity index (χ0n) is 17.6. The summed E-state index contributed by atoms with van der Waals surface area (Å²) in [6.07, 6.45) is 0. The van der Waals surface area contributed by atoms with E-state index in [1.54, 1.807) is 37.3 Å². The Labute approximate surface area is 189 Å². The lowest BCUT2D eigenvalue weighted by Gasteiger charge is -2.37. The fourth-order valence-electron chi connectivity index (χ4n) is 3.41. The second-order valence-corrected chi connectivity index (χ2v) is 8.50. The number of benzene rings is 2. The summed E-state index contributed by atoms with van der Waals surface area (Å²) in [5, 5.41) is 5.49. The maximum atomic E-state index is 13.3. The summed E-state index contributed by atoms with van der Waals surface area (Å²) < 4.78 is 38.0. The third-order valence-corrected chi connectivity index (χ3v) is 5.88. The van der Waals surface area contributed by atoms with Gasteiger partial charge in [0.25, 0.3) is 5.76 Å². The van der Waals surface area contributed by atoms with Crippen LogP contribution in [0.2, 0.25) is 0 Å². The molecule has 10 heteroatoms. The molecule has 1 saturated heterocycles. The Bertz CT molecular complexity index is 922. The van der Waals surface area contributed by atoms with Crippen molar-refractivity contribution in [2.75, 3.05) is 43.4 Å². The van der Waals surface area contributed by atoms with Gasteiger partial charge in [-0.15, -0.1) is 0 Å². The van der Waals surface area contributed by atoms with E-state index in [9.17, 15) is 22.8 Å². The van der Waals surface area contributed by atoms with Crippen LogP contribution in [0.25, 0.3) is 0 Å². The highest BCUT2D eigenvalue weighted by Crippen LogP contribution is 2.26. The van der Waals surface area contributed by atoms with Crippen molar-refractivity contribution in [3.63, 3.8) is 0 Å². The molecule has 0 aromatic heterocycles. The van der Waals surface area contributed by atoms with Gasteiger partial charge in [-0.2, -0.15) is 8.78 Å². The van der Waals surface area contributed by atoms with Gasteiger partial charge in [0.05, 0.1) is 12.6 Å². The van der Waals surface area contributed by atoms with E-state index in [1.165, 1.54) is 18.2 Å². The topological polar surface area (TPSA) is 64.7 Å². The van der Waals surface area contributed by atoms with Crippen molar-refractivity contribution in [1.82, 2.24) is 9.80 Å². The number of thioether (sulfide) groups is 1. The van der Waals surface area contributed by atoms with Crippen molar-refractivity contribution < 1.29 is 22.8 Å². The first-order valence-electron chi connectivity index (χ1n) is 10.2. The fourth-order valence-corrected chi connectivity index (χ4v) is 3.91. The maximum Gasteiger partial charge on any atom is 0.288 e. The maximum absolute atomic E-state index is 13.3. The molecule has 172 valence electrons. The highest BCUT2D eigenvalue weighted by atomic mass is 32.2. The number of carbonyl (C=O) groups is 2. The number of carbonyl (C=O) groups excluding carboxylic acids is 2. The van der Waals surface area contributed by atoms with Gasteiger partial charge in [0.1, 0.15) is 5.82 Å². The first-order valence-corrected chi connectivity index (χ1v) is 11.1. The molecule has 1 unspecified atom stereocenters. The number of amides is 2. The number of nitrogens with zero attached hydrogens (tertiary/aromatic N) is 2. The Kier molecular flexibility index (Phi) is 8.54. The molecule has 1 aliphatic heterocycles. The molecule has 1 heterocycles.